The number of amides is 1. The molecule has 0 bridgehead atoms. The highest BCUT2D eigenvalue weighted by molar-refractivity contribution is 5.76. The summed E-state index contributed by atoms with van der Waals surface area (Å²) >= 11 is 0. The molecule has 1 heterocycles. The fourth-order valence-corrected chi connectivity index (χ4v) is 1.77. The minimum absolute atomic E-state index is 0.0595. The lowest BCUT2D eigenvalue weighted by Gasteiger charge is -2.09. The van der Waals surface area contributed by atoms with Gasteiger partial charge in [-0.05, 0) is 30.3 Å². The smallest absolute Gasteiger partial charge is 0.416 e. The van der Waals surface area contributed by atoms with E-state index in [0.717, 1.165) is 16.8 Å². The second-order valence-corrected chi connectivity index (χ2v) is 4.46. The predicted octanol–water partition coefficient (Wildman–Crippen LogP) is 3.59. The molecule has 1 amide bonds. The summed E-state index contributed by atoms with van der Waals surface area (Å²) in [5.41, 5.74) is -1.11. The number of rotatable bonds is 3. The van der Waals surface area contributed by atoms with Gasteiger partial charge >= 0.3 is 12.2 Å². The van der Waals surface area contributed by atoms with Gasteiger partial charge < -0.3 is 10.1 Å². The average Bonchev–Trinajstić information content (AvgIpc) is 2.86. The number of alkyl halides is 3. The van der Waals surface area contributed by atoms with Crippen molar-refractivity contribution in [1.82, 2.24) is 15.1 Å². The van der Waals surface area contributed by atoms with Gasteiger partial charge in [0.05, 0.1) is 11.3 Å². The third-order valence-corrected chi connectivity index (χ3v) is 2.87. The Balaban J connectivity index is 2.34. The Morgan fingerprint density at radius 3 is 2.61 bits per heavy atom. The number of aromatic nitrogens is 2. The van der Waals surface area contributed by atoms with Crippen LogP contribution in [0.25, 0.3) is 0 Å². The number of halogens is 3. The number of carbonyl (C=O) groups excluding carboxylic acids is 1. The van der Waals surface area contributed by atoms with E-state index in [1.165, 1.54) is 13.1 Å². The van der Waals surface area contributed by atoms with Crippen LogP contribution in [0.5, 0.6) is 11.6 Å². The first-order chi connectivity index (χ1) is 10.8. The maximum atomic E-state index is 12.6. The van der Waals surface area contributed by atoms with Gasteiger partial charge in [0.15, 0.2) is 11.4 Å². The highest BCUT2D eigenvalue weighted by atomic mass is 19.4. The van der Waals surface area contributed by atoms with Crippen molar-refractivity contribution in [3.8, 4) is 11.6 Å². The molecule has 1 aromatic carbocycles. The minimum Gasteiger partial charge on any atom is -0.435 e. The van der Waals surface area contributed by atoms with E-state index in [0.29, 0.717) is 11.8 Å². The van der Waals surface area contributed by atoms with Crippen LogP contribution in [0.15, 0.2) is 29.4 Å². The number of ether oxygens (including phenoxy) is 1. The molecule has 23 heavy (non-hydrogen) atoms. The molecule has 0 aliphatic rings. The Morgan fingerprint density at radius 2 is 2.04 bits per heavy atom. The molecule has 0 radical (unpaired) electrons. The molecule has 0 aliphatic carbocycles. The summed E-state index contributed by atoms with van der Waals surface area (Å²) in [5.74, 6) is -0.259. The SMILES string of the molecule is CNC(=O)n1nc(Oc2ccc(C(F)(F)F)cc2N=O)cc1C. The zero-order valence-electron chi connectivity index (χ0n) is 12.0. The molecule has 1 N–H and O–H groups in total. The van der Waals surface area contributed by atoms with Crippen LogP contribution in [0, 0.1) is 11.8 Å². The molecule has 2 aromatic rings. The molecule has 10 heteroatoms. The molecule has 1 aromatic heterocycles. The van der Waals surface area contributed by atoms with E-state index in [4.69, 9.17) is 4.74 Å². The van der Waals surface area contributed by atoms with E-state index in [1.54, 1.807) is 6.92 Å². The number of hydrogen-bond donors (Lipinski definition) is 1. The molecule has 0 saturated carbocycles. The molecular formula is C13H11F3N4O3. The van der Waals surface area contributed by atoms with E-state index >= 15 is 0 Å². The standard InChI is InChI=1S/C13H11F3N4O3/c1-7-5-11(18-20(7)12(21)17-2)23-10-4-3-8(13(14,15)16)6-9(10)19-22/h3-6H,1-2H3,(H,17,21). The zero-order chi connectivity index (χ0) is 17.2. The van der Waals surface area contributed by atoms with Crippen LogP contribution in [0.3, 0.4) is 0 Å². The number of nitrogens with one attached hydrogen (secondary N) is 1. The van der Waals surface area contributed by atoms with Gasteiger partial charge in [-0.1, -0.05) is 0 Å². The van der Waals surface area contributed by atoms with Crippen molar-refractivity contribution in [3.63, 3.8) is 0 Å². The predicted molar refractivity (Wildman–Crippen MR) is 73.8 cm³/mol. The summed E-state index contributed by atoms with van der Waals surface area (Å²) in [5, 5.41) is 8.73. The molecule has 0 saturated heterocycles. The molecule has 0 spiro atoms. The Kier molecular flexibility index (Phi) is 4.34. The van der Waals surface area contributed by atoms with Crippen LogP contribution in [0.4, 0.5) is 23.7 Å². The lowest BCUT2D eigenvalue weighted by atomic mass is 10.2. The molecule has 0 aliphatic heterocycles. The summed E-state index contributed by atoms with van der Waals surface area (Å²) in [6.45, 7) is 1.58. The number of hydrogen-bond acceptors (Lipinski definition) is 5. The fraction of sp³-hybridized carbons (Fsp3) is 0.231. The molecular weight excluding hydrogens is 317 g/mol. The topological polar surface area (TPSA) is 85.6 Å². The van der Waals surface area contributed by atoms with Crippen molar-refractivity contribution < 1.29 is 22.7 Å². The molecule has 7 nitrogen and oxygen atoms in total. The first-order valence-corrected chi connectivity index (χ1v) is 6.27. The third-order valence-electron chi connectivity index (χ3n) is 2.87. The number of carbonyl (C=O) groups is 1. The van der Waals surface area contributed by atoms with Crippen LogP contribution in [-0.4, -0.2) is 22.9 Å². The van der Waals surface area contributed by atoms with Crippen LogP contribution in [0.1, 0.15) is 11.3 Å². The second-order valence-electron chi connectivity index (χ2n) is 4.46. The van der Waals surface area contributed by atoms with Crippen LogP contribution >= 0.6 is 0 Å². The average molecular weight is 328 g/mol. The second kappa shape index (κ2) is 6.07. The van der Waals surface area contributed by atoms with Gasteiger partial charge in [0.25, 0.3) is 0 Å². The Labute approximate surface area is 128 Å². The molecule has 0 unspecified atom stereocenters. The van der Waals surface area contributed by atoms with Gasteiger partial charge in [-0.2, -0.15) is 17.9 Å². The van der Waals surface area contributed by atoms with Crippen molar-refractivity contribution in [1.29, 1.82) is 0 Å². The Morgan fingerprint density at radius 1 is 1.35 bits per heavy atom. The molecule has 0 atom stereocenters. The van der Waals surface area contributed by atoms with Crippen molar-refractivity contribution in [3.05, 3.63) is 40.4 Å². The maximum absolute atomic E-state index is 12.6. The summed E-state index contributed by atoms with van der Waals surface area (Å²) < 4.78 is 44.1. The van der Waals surface area contributed by atoms with Crippen molar-refractivity contribution in [2.75, 3.05) is 7.05 Å². The highest BCUT2D eigenvalue weighted by Gasteiger charge is 2.31. The van der Waals surface area contributed by atoms with E-state index < -0.39 is 23.5 Å². The van der Waals surface area contributed by atoms with Crippen molar-refractivity contribution in [2.45, 2.75) is 13.1 Å². The van der Waals surface area contributed by atoms with Gasteiger partial charge in [-0.3, -0.25) is 0 Å². The maximum Gasteiger partial charge on any atom is 0.416 e. The largest absolute Gasteiger partial charge is 0.435 e. The summed E-state index contributed by atoms with van der Waals surface area (Å²) in [6, 6.07) is 3.17. The monoisotopic (exact) mass is 328 g/mol. The molecule has 0 fully saturated rings. The summed E-state index contributed by atoms with van der Waals surface area (Å²) in [4.78, 5) is 22.3. The number of nitroso groups, excluding NO2 is 1. The van der Waals surface area contributed by atoms with E-state index in [9.17, 15) is 22.9 Å². The number of aryl methyl sites for hydroxylation is 1. The summed E-state index contributed by atoms with van der Waals surface area (Å²) in [6.07, 6.45) is -4.60. The molecule has 122 valence electrons. The first-order valence-electron chi connectivity index (χ1n) is 6.27. The first kappa shape index (κ1) is 16.5. The minimum atomic E-state index is -4.60. The fourth-order valence-electron chi connectivity index (χ4n) is 1.77. The van der Waals surface area contributed by atoms with Gasteiger partial charge in [0.1, 0.15) is 0 Å². The third kappa shape index (κ3) is 3.47. The Bertz CT molecular complexity index is 755. The van der Waals surface area contributed by atoms with Gasteiger partial charge in [-0.25, -0.2) is 4.79 Å². The normalized spacial score (nSPS) is 11.2. The molecule has 2 rings (SSSR count). The van der Waals surface area contributed by atoms with Crippen molar-refractivity contribution >= 4 is 11.7 Å². The lowest BCUT2D eigenvalue weighted by molar-refractivity contribution is -0.137. The summed E-state index contributed by atoms with van der Waals surface area (Å²) in [7, 11) is 1.41. The van der Waals surface area contributed by atoms with Crippen molar-refractivity contribution in [2.24, 2.45) is 5.18 Å². The van der Waals surface area contributed by atoms with Gasteiger partial charge in [0, 0.05) is 13.1 Å². The van der Waals surface area contributed by atoms with Crippen LogP contribution < -0.4 is 10.1 Å². The number of nitrogens with zero attached hydrogens (tertiary/aromatic N) is 3. The lowest BCUT2D eigenvalue weighted by Crippen LogP contribution is -2.26. The quantitative estimate of drug-likeness (QED) is 0.873. The van der Waals surface area contributed by atoms with Crippen LogP contribution in [-0.2, 0) is 6.18 Å². The highest BCUT2D eigenvalue weighted by Crippen LogP contribution is 2.37. The van der Waals surface area contributed by atoms with Gasteiger partial charge in [0.2, 0.25) is 5.88 Å². The zero-order valence-corrected chi connectivity index (χ0v) is 12.0. The van der Waals surface area contributed by atoms with Gasteiger partial charge in [-0.15, -0.1) is 10.0 Å². The van der Waals surface area contributed by atoms with Crippen LogP contribution in [0.2, 0.25) is 0 Å². The van der Waals surface area contributed by atoms with E-state index in [2.05, 4.69) is 15.6 Å². The van der Waals surface area contributed by atoms with E-state index in [1.807, 2.05) is 0 Å². The number of benzene rings is 1. The van der Waals surface area contributed by atoms with E-state index in [-0.39, 0.29) is 11.6 Å². The Hall–Kier alpha value is -2.91.